The van der Waals surface area contributed by atoms with Gasteiger partial charge in [-0.25, -0.2) is 4.79 Å². The number of nitrogen functional groups attached to an aromatic ring is 1. The second-order valence-electron chi connectivity index (χ2n) is 2.77. The van der Waals surface area contributed by atoms with E-state index in [4.69, 9.17) is 10.5 Å². The molecule has 0 saturated carbocycles. The van der Waals surface area contributed by atoms with Gasteiger partial charge in [-0.15, -0.1) is 0 Å². The van der Waals surface area contributed by atoms with Gasteiger partial charge in [-0.3, -0.25) is 0 Å². The molecule has 4 heteroatoms. The summed E-state index contributed by atoms with van der Waals surface area (Å²) in [4.78, 5) is 11.0. The van der Waals surface area contributed by atoms with Gasteiger partial charge in [0.05, 0.1) is 6.61 Å². The molecule has 0 fully saturated rings. The number of para-hydroxylation sites is 1. The monoisotopic (exact) mass is 194 g/mol. The molecule has 0 atom stereocenters. The first-order valence-corrected chi connectivity index (χ1v) is 4.48. The fraction of sp³-hybridized carbons (Fsp3) is 0.300. The second-order valence-corrected chi connectivity index (χ2v) is 2.77. The average molecular weight is 194 g/mol. The van der Waals surface area contributed by atoms with Crippen molar-refractivity contribution in [2.45, 2.75) is 13.5 Å². The Labute approximate surface area is 83.1 Å². The molecule has 1 aromatic rings. The van der Waals surface area contributed by atoms with Gasteiger partial charge in [0.1, 0.15) is 0 Å². The third kappa shape index (κ3) is 2.97. The molecule has 0 spiro atoms. The van der Waals surface area contributed by atoms with E-state index in [-0.39, 0.29) is 0 Å². The smallest absolute Gasteiger partial charge is 0.407 e. The highest BCUT2D eigenvalue weighted by molar-refractivity contribution is 5.67. The van der Waals surface area contributed by atoms with Crippen LogP contribution in [0.4, 0.5) is 10.5 Å². The van der Waals surface area contributed by atoms with Crippen LogP contribution in [0, 0.1) is 0 Å². The number of rotatable bonds is 3. The molecule has 0 heterocycles. The quantitative estimate of drug-likeness (QED) is 0.717. The van der Waals surface area contributed by atoms with Crippen LogP contribution in [-0.4, -0.2) is 12.7 Å². The molecule has 0 aromatic heterocycles. The summed E-state index contributed by atoms with van der Waals surface area (Å²) in [6, 6.07) is 7.38. The van der Waals surface area contributed by atoms with Crippen molar-refractivity contribution >= 4 is 11.8 Å². The van der Waals surface area contributed by atoms with Gasteiger partial charge < -0.3 is 15.8 Å². The van der Waals surface area contributed by atoms with Crippen molar-refractivity contribution in [3.8, 4) is 0 Å². The summed E-state index contributed by atoms with van der Waals surface area (Å²) >= 11 is 0. The molecule has 0 saturated heterocycles. The van der Waals surface area contributed by atoms with Crippen LogP contribution in [0.3, 0.4) is 0 Å². The zero-order chi connectivity index (χ0) is 10.4. The van der Waals surface area contributed by atoms with Crippen LogP contribution in [0.5, 0.6) is 0 Å². The van der Waals surface area contributed by atoms with Crippen LogP contribution in [0.15, 0.2) is 24.3 Å². The van der Waals surface area contributed by atoms with E-state index in [9.17, 15) is 4.79 Å². The zero-order valence-corrected chi connectivity index (χ0v) is 8.12. The Kier molecular flexibility index (Phi) is 3.79. The fourth-order valence-corrected chi connectivity index (χ4v) is 1.04. The standard InChI is InChI=1S/C10H14N2O2/c1-2-14-10(13)12-7-8-5-3-4-6-9(8)11/h3-6H,2,7,11H2,1H3,(H,12,13). The van der Waals surface area contributed by atoms with Gasteiger partial charge >= 0.3 is 6.09 Å². The predicted octanol–water partition coefficient (Wildman–Crippen LogP) is 1.51. The molecule has 1 amide bonds. The van der Waals surface area contributed by atoms with Crippen LogP contribution < -0.4 is 11.1 Å². The second kappa shape index (κ2) is 5.11. The molecule has 1 rings (SSSR count). The van der Waals surface area contributed by atoms with Gasteiger partial charge in [0, 0.05) is 12.2 Å². The Morgan fingerprint density at radius 2 is 2.21 bits per heavy atom. The van der Waals surface area contributed by atoms with Crippen molar-refractivity contribution in [3.05, 3.63) is 29.8 Å². The Morgan fingerprint density at radius 1 is 1.50 bits per heavy atom. The minimum Gasteiger partial charge on any atom is -0.450 e. The lowest BCUT2D eigenvalue weighted by Crippen LogP contribution is -2.24. The molecule has 0 unspecified atom stereocenters. The number of carbonyl (C=O) groups excluding carboxylic acids is 1. The Bertz CT molecular complexity index is 313. The molecular formula is C10H14N2O2. The highest BCUT2D eigenvalue weighted by Crippen LogP contribution is 2.09. The number of anilines is 1. The van der Waals surface area contributed by atoms with Gasteiger partial charge in [0.25, 0.3) is 0 Å². The van der Waals surface area contributed by atoms with Crippen molar-refractivity contribution in [1.29, 1.82) is 0 Å². The summed E-state index contributed by atoms with van der Waals surface area (Å²) < 4.78 is 4.71. The SMILES string of the molecule is CCOC(=O)NCc1ccccc1N. The Morgan fingerprint density at radius 3 is 2.86 bits per heavy atom. The van der Waals surface area contributed by atoms with E-state index in [1.54, 1.807) is 13.0 Å². The Balaban J connectivity index is 2.46. The van der Waals surface area contributed by atoms with Gasteiger partial charge in [0.2, 0.25) is 0 Å². The van der Waals surface area contributed by atoms with Crippen molar-refractivity contribution in [3.63, 3.8) is 0 Å². The highest BCUT2D eigenvalue weighted by Gasteiger charge is 2.01. The number of carbonyl (C=O) groups is 1. The summed E-state index contributed by atoms with van der Waals surface area (Å²) in [6.07, 6.45) is -0.421. The molecule has 1 aromatic carbocycles. The number of hydrogen-bond acceptors (Lipinski definition) is 3. The first-order chi connectivity index (χ1) is 6.74. The predicted molar refractivity (Wildman–Crippen MR) is 54.7 cm³/mol. The first kappa shape index (κ1) is 10.4. The fourth-order valence-electron chi connectivity index (χ4n) is 1.04. The maximum absolute atomic E-state index is 11.0. The maximum atomic E-state index is 11.0. The molecule has 3 N–H and O–H groups in total. The number of nitrogens with one attached hydrogen (secondary N) is 1. The average Bonchev–Trinajstić information content (AvgIpc) is 2.17. The topological polar surface area (TPSA) is 64.3 Å². The first-order valence-electron chi connectivity index (χ1n) is 4.48. The largest absolute Gasteiger partial charge is 0.450 e. The molecule has 0 aliphatic carbocycles. The minimum absolute atomic E-state index is 0.371. The van der Waals surface area contributed by atoms with Gasteiger partial charge in [-0.05, 0) is 18.6 Å². The molecule has 0 radical (unpaired) electrons. The van der Waals surface area contributed by atoms with E-state index in [2.05, 4.69) is 5.32 Å². The van der Waals surface area contributed by atoms with E-state index < -0.39 is 6.09 Å². The third-order valence-corrected chi connectivity index (χ3v) is 1.75. The van der Waals surface area contributed by atoms with Gasteiger partial charge in [-0.2, -0.15) is 0 Å². The number of alkyl carbamates (subject to hydrolysis) is 1. The normalized spacial score (nSPS) is 9.50. The molecule has 14 heavy (non-hydrogen) atoms. The third-order valence-electron chi connectivity index (χ3n) is 1.75. The number of amides is 1. The summed E-state index contributed by atoms with van der Waals surface area (Å²) in [5.41, 5.74) is 7.25. The lowest BCUT2D eigenvalue weighted by molar-refractivity contribution is 0.151. The maximum Gasteiger partial charge on any atom is 0.407 e. The van der Waals surface area contributed by atoms with Crippen molar-refractivity contribution in [1.82, 2.24) is 5.32 Å². The lowest BCUT2D eigenvalue weighted by Gasteiger charge is -2.06. The van der Waals surface area contributed by atoms with E-state index in [1.165, 1.54) is 0 Å². The number of nitrogens with two attached hydrogens (primary N) is 1. The van der Waals surface area contributed by atoms with Crippen LogP contribution in [0.25, 0.3) is 0 Å². The molecule has 76 valence electrons. The van der Waals surface area contributed by atoms with E-state index in [1.807, 2.05) is 18.2 Å². The molecule has 0 aliphatic heterocycles. The summed E-state index contributed by atoms with van der Waals surface area (Å²) in [6.45, 7) is 2.53. The molecule has 0 aliphatic rings. The van der Waals surface area contributed by atoms with Gasteiger partial charge in [-0.1, -0.05) is 18.2 Å². The number of hydrogen-bond donors (Lipinski definition) is 2. The van der Waals surface area contributed by atoms with Crippen LogP contribution in [0.1, 0.15) is 12.5 Å². The van der Waals surface area contributed by atoms with Crippen LogP contribution >= 0.6 is 0 Å². The van der Waals surface area contributed by atoms with E-state index >= 15 is 0 Å². The zero-order valence-electron chi connectivity index (χ0n) is 8.12. The van der Waals surface area contributed by atoms with Crippen molar-refractivity contribution in [2.75, 3.05) is 12.3 Å². The number of benzene rings is 1. The van der Waals surface area contributed by atoms with E-state index in [0.717, 1.165) is 5.56 Å². The highest BCUT2D eigenvalue weighted by atomic mass is 16.5. The van der Waals surface area contributed by atoms with E-state index in [0.29, 0.717) is 18.8 Å². The summed E-state index contributed by atoms with van der Waals surface area (Å²) in [7, 11) is 0. The number of ether oxygens (including phenoxy) is 1. The summed E-state index contributed by atoms with van der Waals surface area (Å²) in [5, 5.41) is 2.60. The molecule has 4 nitrogen and oxygen atoms in total. The van der Waals surface area contributed by atoms with Crippen molar-refractivity contribution in [2.24, 2.45) is 0 Å². The van der Waals surface area contributed by atoms with Crippen molar-refractivity contribution < 1.29 is 9.53 Å². The Hall–Kier alpha value is -1.71. The minimum atomic E-state index is -0.421. The van der Waals surface area contributed by atoms with Crippen LogP contribution in [-0.2, 0) is 11.3 Å². The lowest BCUT2D eigenvalue weighted by atomic mass is 10.2. The summed E-state index contributed by atoms with van der Waals surface area (Å²) in [5.74, 6) is 0. The van der Waals surface area contributed by atoms with Crippen LogP contribution in [0.2, 0.25) is 0 Å². The molecular weight excluding hydrogens is 180 g/mol. The van der Waals surface area contributed by atoms with Gasteiger partial charge in [0.15, 0.2) is 0 Å². The molecule has 0 bridgehead atoms.